The van der Waals surface area contributed by atoms with Crippen molar-refractivity contribution in [1.29, 1.82) is 0 Å². The van der Waals surface area contributed by atoms with Crippen LogP contribution in [0.2, 0.25) is 0 Å². The van der Waals surface area contributed by atoms with E-state index in [2.05, 4.69) is 22.3 Å². The van der Waals surface area contributed by atoms with Crippen LogP contribution >= 0.6 is 12.6 Å². The minimum Gasteiger partial charge on any atom is -0.261 e. The van der Waals surface area contributed by atoms with Crippen LogP contribution in [-0.2, 0) is 16.4 Å². The molecule has 1 rings (SSSR count). The Morgan fingerprint density at radius 3 is 2.81 bits per heavy atom. The Bertz CT molecular complexity index is 393. The van der Waals surface area contributed by atoms with Crippen LogP contribution in [0, 0.1) is 0 Å². The van der Waals surface area contributed by atoms with Gasteiger partial charge in [-0.15, -0.1) is 0 Å². The normalized spacial score (nSPS) is 11.6. The molecule has 4 nitrogen and oxygen atoms in total. The monoisotopic (exact) mass is 260 g/mol. The van der Waals surface area contributed by atoms with Crippen molar-refractivity contribution in [2.24, 2.45) is 0 Å². The molecule has 6 heteroatoms. The minimum atomic E-state index is -3.14. The molecule has 0 fully saturated rings. The molecule has 0 aromatic carbocycles. The third-order valence-electron chi connectivity index (χ3n) is 2.00. The van der Waals surface area contributed by atoms with E-state index in [0.29, 0.717) is 25.1 Å². The van der Waals surface area contributed by atoms with Crippen molar-refractivity contribution in [3.8, 4) is 0 Å². The second-order valence-corrected chi connectivity index (χ2v) is 5.74. The molecule has 0 bridgehead atoms. The smallest absolute Gasteiger partial charge is 0.211 e. The molecule has 1 aromatic heterocycles. The molecule has 0 radical (unpaired) electrons. The fourth-order valence-electron chi connectivity index (χ4n) is 1.21. The molecule has 0 aliphatic rings. The maximum Gasteiger partial charge on any atom is 0.211 e. The van der Waals surface area contributed by atoms with Crippen molar-refractivity contribution < 1.29 is 8.42 Å². The van der Waals surface area contributed by atoms with E-state index in [1.807, 2.05) is 18.2 Å². The van der Waals surface area contributed by atoms with Crippen LogP contribution in [0.4, 0.5) is 0 Å². The Hall–Kier alpha value is -0.590. The molecule has 0 aliphatic heterocycles. The third-order valence-corrected chi connectivity index (χ3v) is 3.79. The first-order valence-electron chi connectivity index (χ1n) is 5.12. The molecule has 90 valence electrons. The Balaban J connectivity index is 2.30. The summed E-state index contributed by atoms with van der Waals surface area (Å²) in [5.74, 6) is 0.722. The average molecular weight is 260 g/mol. The summed E-state index contributed by atoms with van der Waals surface area (Å²) in [4.78, 5) is 4.11. The fourth-order valence-corrected chi connectivity index (χ4v) is 2.66. The lowest BCUT2D eigenvalue weighted by molar-refractivity contribution is 0.580. The van der Waals surface area contributed by atoms with Crippen molar-refractivity contribution >= 4 is 22.7 Å². The number of sulfonamides is 1. The van der Waals surface area contributed by atoms with Gasteiger partial charge in [-0.3, -0.25) is 4.98 Å². The van der Waals surface area contributed by atoms with Crippen LogP contribution in [0.15, 0.2) is 24.4 Å². The molecular weight excluding hydrogens is 244 g/mol. The lowest BCUT2D eigenvalue weighted by atomic mass is 10.3. The number of pyridine rings is 1. The molecule has 0 spiro atoms. The predicted octanol–water partition coefficient (Wildman–Crippen LogP) is 0.863. The van der Waals surface area contributed by atoms with Gasteiger partial charge in [-0.05, 0) is 24.3 Å². The highest BCUT2D eigenvalue weighted by molar-refractivity contribution is 7.89. The third kappa shape index (κ3) is 5.48. The number of nitrogens with zero attached hydrogens (tertiary/aromatic N) is 1. The first-order valence-corrected chi connectivity index (χ1v) is 7.40. The zero-order valence-corrected chi connectivity index (χ0v) is 10.7. The Kier molecular flexibility index (Phi) is 5.79. The van der Waals surface area contributed by atoms with Crippen molar-refractivity contribution in [2.45, 2.75) is 12.8 Å². The van der Waals surface area contributed by atoms with Gasteiger partial charge in [0.2, 0.25) is 10.0 Å². The number of rotatable bonds is 7. The van der Waals surface area contributed by atoms with Gasteiger partial charge in [0, 0.05) is 24.9 Å². The van der Waals surface area contributed by atoms with E-state index in [9.17, 15) is 8.42 Å². The lowest BCUT2D eigenvalue weighted by Gasteiger charge is -2.05. The number of hydrogen-bond acceptors (Lipinski definition) is 4. The van der Waals surface area contributed by atoms with Crippen molar-refractivity contribution in [3.05, 3.63) is 30.1 Å². The summed E-state index contributed by atoms with van der Waals surface area (Å²) < 4.78 is 25.4. The maximum atomic E-state index is 11.4. The highest BCUT2D eigenvalue weighted by Gasteiger charge is 2.08. The van der Waals surface area contributed by atoms with E-state index in [1.54, 1.807) is 6.20 Å². The van der Waals surface area contributed by atoms with E-state index >= 15 is 0 Å². The van der Waals surface area contributed by atoms with E-state index in [-0.39, 0.29) is 5.75 Å². The maximum absolute atomic E-state index is 11.4. The first kappa shape index (κ1) is 13.5. The molecule has 0 unspecified atom stereocenters. The molecule has 0 saturated carbocycles. The largest absolute Gasteiger partial charge is 0.261 e. The molecule has 16 heavy (non-hydrogen) atoms. The number of nitrogens with one attached hydrogen (secondary N) is 1. The van der Waals surface area contributed by atoms with E-state index in [0.717, 1.165) is 5.69 Å². The van der Waals surface area contributed by atoms with Crippen molar-refractivity contribution in [1.82, 2.24) is 9.71 Å². The van der Waals surface area contributed by atoms with Gasteiger partial charge in [-0.1, -0.05) is 6.07 Å². The molecule has 0 atom stereocenters. The summed E-state index contributed by atoms with van der Waals surface area (Å²) in [5.41, 5.74) is 0.888. The van der Waals surface area contributed by atoms with Gasteiger partial charge in [0.05, 0.1) is 5.75 Å². The Labute approximate surface area is 102 Å². The standard InChI is InChI=1S/C10H16N2O2S2/c13-16(14,9-3-8-15)12-7-5-10-4-1-2-6-11-10/h1-2,4,6,12,15H,3,5,7-9H2. The summed E-state index contributed by atoms with van der Waals surface area (Å²) in [5, 5.41) is 0. The van der Waals surface area contributed by atoms with Gasteiger partial charge >= 0.3 is 0 Å². The zero-order valence-electron chi connectivity index (χ0n) is 8.96. The fraction of sp³-hybridized carbons (Fsp3) is 0.500. The summed E-state index contributed by atoms with van der Waals surface area (Å²) in [6.07, 6.45) is 2.88. The van der Waals surface area contributed by atoms with Crippen molar-refractivity contribution in [3.63, 3.8) is 0 Å². The van der Waals surface area contributed by atoms with Crippen LogP contribution in [-0.4, -0.2) is 31.5 Å². The molecule has 0 saturated heterocycles. The van der Waals surface area contributed by atoms with Gasteiger partial charge < -0.3 is 0 Å². The molecular formula is C10H16N2O2S2. The molecule has 0 aliphatic carbocycles. The quantitative estimate of drug-likeness (QED) is 0.715. The summed E-state index contributed by atoms with van der Waals surface area (Å²) in [7, 11) is -3.14. The Morgan fingerprint density at radius 2 is 2.19 bits per heavy atom. The second-order valence-electron chi connectivity index (χ2n) is 3.36. The SMILES string of the molecule is O=S(=O)(CCCS)NCCc1ccccn1. The highest BCUT2D eigenvalue weighted by Crippen LogP contribution is 1.95. The Morgan fingerprint density at radius 1 is 1.38 bits per heavy atom. The molecule has 1 aromatic rings. The van der Waals surface area contributed by atoms with E-state index in [1.165, 1.54) is 0 Å². The van der Waals surface area contributed by atoms with E-state index in [4.69, 9.17) is 0 Å². The molecule has 1 N–H and O–H groups in total. The number of thiol groups is 1. The van der Waals surface area contributed by atoms with Crippen LogP contribution in [0.25, 0.3) is 0 Å². The second kappa shape index (κ2) is 6.88. The van der Waals surface area contributed by atoms with Crippen LogP contribution in [0.5, 0.6) is 0 Å². The van der Waals surface area contributed by atoms with Crippen LogP contribution in [0.3, 0.4) is 0 Å². The lowest BCUT2D eigenvalue weighted by Crippen LogP contribution is -2.28. The first-order chi connectivity index (χ1) is 7.64. The zero-order chi connectivity index (χ0) is 11.9. The topological polar surface area (TPSA) is 59.1 Å². The van der Waals surface area contributed by atoms with Gasteiger partial charge in [-0.2, -0.15) is 12.6 Å². The summed E-state index contributed by atoms with van der Waals surface area (Å²) >= 11 is 3.98. The number of aromatic nitrogens is 1. The predicted molar refractivity (Wildman–Crippen MR) is 68.2 cm³/mol. The van der Waals surface area contributed by atoms with E-state index < -0.39 is 10.0 Å². The molecule has 1 heterocycles. The number of hydrogen-bond donors (Lipinski definition) is 2. The molecule has 0 amide bonds. The minimum absolute atomic E-state index is 0.138. The van der Waals surface area contributed by atoms with Crippen LogP contribution in [0.1, 0.15) is 12.1 Å². The van der Waals surface area contributed by atoms with Gasteiger partial charge in [0.15, 0.2) is 0 Å². The highest BCUT2D eigenvalue weighted by atomic mass is 32.2. The van der Waals surface area contributed by atoms with Gasteiger partial charge in [0.25, 0.3) is 0 Å². The van der Waals surface area contributed by atoms with Gasteiger partial charge in [-0.25, -0.2) is 13.1 Å². The average Bonchev–Trinajstić information content (AvgIpc) is 2.28. The summed E-state index contributed by atoms with van der Waals surface area (Å²) in [6.45, 7) is 0.395. The van der Waals surface area contributed by atoms with Crippen molar-refractivity contribution in [2.75, 3.05) is 18.1 Å². The van der Waals surface area contributed by atoms with Gasteiger partial charge in [0.1, 0.15) is 0 Å². The van der Waals surface area contributed by atoms with Crippen LogP contribution < -0.4 is 4.72 Å². The summed E-state index contributed by atoms with van der Waals surface area (Å²) in [6, 6.07) is 5.60.